The number of rotatable bonds is 4. The fraction of sp³-hybridized carbons (Fsp3) is 0.583. The van der Waals surface area contributed by atoms with Gasteiger partial charge in [0.05, 0.1) is 5.69 Å². The van der Waals surface area contributed by atoms with Crippen molar-refractivity contribution < 1.29 is 4.79 Å². The minimum Gasteiger partial charge on any atom is -0.363 e. The molecular formula is C12H20N2O. The van der Waals surface area contributed by atoms with Gasteiger partial charge in [0.15, 0.2) is 0 Å². The Kier molecular flexibility index (Phi) is 3.56. The number of carbonyl (C=O) groups excluding carboxylic acids is 1. The van der Waals surface area contributed by atoms with E-state index in [0.29, 0.717) is 6.42 Å². The molecule has 0 aromatic carbocycles. The fourth-order valence-corrected chi connectivity index (χ4v) is 1.30. The largest absolute Gasteiger partial charge is 0.363 e. The Morgan fingerprint density at radius 2 is 2.13 bits per heavy atom. The van der Waals surface area contributed by atoms with Gasteiger partial charge in [-0.1, -0.05) is 27.7 Å². The fourth-order valence-electron chi connectivity index (χ4n) is 1.30. The molecule has 1 heterocycles. The van der Waals surface area contributed by atoms with E-state index in [9.17, 15) is 4.79 Å². The zero-order valence-electron chi connectivity index (χ0n) is 9.98. The second-order valence-corrected chi connectivity index (χ2v) is 4.44. The van der Waals surface area contributed by atoms with Crippen molar-refractivity contribution in [2.45, 2.75) is 46.0 Å². The van der Waals surface area contributed by atoms with Gasteiger partial charge in [0, 0.05) is 23.7 Å². The third-order valence-corrected chi connectivity index (χ3v) is 2.90. The average molecular weight is 208 g/mol. The number of amides is 1. The standard InChI is InChI=1S/C12H20N2O/c1-5-11(15)14-9-7-10(13-8-9)12(3,4)6-2/h7-8,13H,5-6H2,1-4H3,(H,14,15). The number of hydrogen-bond acceptors (Lipinski definition) is 1. The summed E-state index contributed by atoms with van der Waals surface area (Å²) in [7, 11) is 0. The zero-order chi connectivity index (χ0) is 11.5. The highest BCUT2D eigenvalue weighted by molar-refractivity contribution is 5.90. The molecule has 0 bridgehead atoms. The zero-order valence-corrected chi connectivity index (χ0v) is 9.98. The maximum absolute atomic E-state index is 11.2. The van der Waals surface area contributed by atoms with Crippen molar-refractivity contribution in [2.24, 2.45) is 0 Å². The maximum atomic E-state index is 11.2. The molecule has 0 radical (unpaired) electrons. The molecule has 15 heavy (non-hydrogen) atoms. The Morgan fingerprint density at radius 1 is 1.47 bits per heavy atom. The Hall–Kier alpha value is -1.25. The molecule has 84 valence electrons. The normalized spacial score (nSPS) is 11.5. The first kappa shape index (κ1) is 11.8. The summed E-state index contributed by atoms with van der Waals surface area (Å²) in [5.41, 5.74) is 2.16. The van der Waals surface area contributed by atoms with Gasteiger partial charge in [-0.25, -0.2) is 0 Å². The summed E-state index contributed by atoms with van der Waals surface area (Å²) >= 11 is 0. The Bertz CT molecular complexity index is 339. The molecular weight excluding hydrogens is 188 g/mol. The van der Waals surface area contributed by atoms with Crippen LogP contribution in [0.25, 0.3) is 0 Å². The lowest BCUT2D eigenvalue weighted by Crippen LogP contribution is -2.15. The number of nitrogens with one attached hydrogen (secondary N) is 2. The van der Waals surface area contributed by atoms with Crippen LogP contribution in [0.3, 0.4) is 0 Å². The van der Waals surface area contributed by atoms with Gasteiger partial charge in [-0.2, -0.15) is 0 Å². The SMILES string of the molecule is CCC(=O)Nc1c[nH]c(C(C)(C)CC)c1. The van der Waals surface area contributed by atoms with Crippen LogP contribution in [0.15, 0.2) is 12.3 Å². The monoisotopic (exact) mass is 208 g/mol. The molecule has 0 aliphatic heterocycles. The molecule has 1 rings (SSSR count). The van der Waals surface area contributed by atoms with E-state index in [4.69, 9.17) is 0 Å². The van der Waals surface area contributed by atoms with Gasteiger partial charge in [-0.3, -0.25) is 4.79 Å². The third-order valence-electron chi connectivity index (χ3n) is 2.90. The Labute approximate surface area is 91.3 Å². The van der Waals surface area contributed by atoms with Crippen LogP contribution >= 0.6 is 0 Å². The van der Waals surface area contributed by atoms with Crippen LogP contribution in [0, 0.1) is 0 Å². The molecule has 0 fully saturated rings. The summed E-state index contributed by atoms with van der Waals surface area (Å²) in [6.45, 7) is 8.37. The van der Waals surface area contributed by atoms with Gasteiger partial charge in [0.25, 0.3) is 0 Å². The van der Waals surface area contributed by atoms with Crippen molar-refractivity contribution in [3.8, 4) is 0 Å². The smallest absolute Gasteiger partial charge is 0.224 e. The molecule has 0 aliphatic rings. The number of carbonyl (C=O) groups is 1. The molecule has 0 spiro atoms. The summed E-state index contributed by atoms with van der Waals surface area (Å²) in [6, 6.07) is 2.01. The molecule has 0 unspecified atom stereocenters. The average Bonchev–Trinajstić information content (AvgIpc) is 2.66. The van der Waals surface area contributed by atoms with Crippen LogP contribution in [-0.4, -0.2) is 10.9 Å². The lowest BCUT2D eigenvalue weighted by atomic mass is 9.87. The first-order valence-corrected chi connectivity index (χ1v) is 5.48. The van der Waals surface area contributed by atoms with E-state index >= 15 is 0 Å². The van der Waals surface area contributed by atoms with Crippen molar-refractivity contribution in [3.63, 3.8) is 0 Å². The van der Waals surface area contributed by atoms with Crippen molar-refractivity contribution in [3.05, 3.63) is 18.0 Å². The maximum Gasteiger partial charge on any atom is 0.224 e. The lowest BCUT2D eigenvalue weighted by molar-refractivity contribution is -0.115. The number of anilines is 1. The molecule has 1 amide bonds. The Balaban J connectivity index is 2.76. The molecule has 2 N–H and O–H groups in total. The Morgan fingerprint density at radius 3 is 2.67 bits per heavy atom. The molecule has 0 aliphatic carbocycles. The number of H-pyrrole nitrogens is 1. The lowest BCUT2D eigenvalue weighted by Gasteiger charge is -2.20. The highest BCUT2D eigenvalue weighted by Crippen LogP contribution is 2.27. The quantitative estimate of drug-likeness (QED) is 0.784. The molecule has 3 nitrogen and oxygen atoms in total. The molecule has 1 aromatic heterocycles. The third kappa shape index (κ3) is 2.85. The van der Waals surface area contributed by atoms with Gasteiger partial charge >= 0.3 is 0 Å². The van der Waals surface area contributed by atoms with Gasteiger partial charge in [-0.05, 0) is 12.5 Å². The second kappa shape index (κ2) is 4.51. The minimum absolute atomic E-state index is 0.0508. The topological polar surface area (TPSA) is 44.9 Å². The summed E-state index contributed by atoms with van der Waals surface area (Å²) in [5.74, 6) is 0.0508. The van der Waals surface area contributed by atoms with Crippen LogP contribution in [0.1, 0.15) is 46.2 Å². The summed E-state index contributed by atoms with van der Waals surface area (Å²) in [6.07, 6.45) is 3.42. The predicted octanol–water partition coefficient (Wildman–Crippen LogP) is 3.05. The number of aromatic nitrogens is 1. The van der Waals surface area contributed by atoms with Crippen LogP contribution in [0.4, 0.5) is 5.69 Å². The van der Waals surface area contributed by atoms with E-state index in [1.807, 2.05) is 19.2 Å². The summed E-state index contributed by atoms with van der Waals surface area (Å²) in [5, 5.41) is 2.84. The summed E-state index contributed by atoms with van der Waals surface area (Å²) in [4.78, 5) is 14.4. The van der Waals surface area contributed by atoms with E-state index in [1.54, 1.807) is 0 Å². The molecule has 0 saturated carbocycles. The van der Waals surface area contributed by atoms with Crippen molar-refractivity contribution in [2.75, 3.05) is 5.32 Å². The van der Waals surface area contributed by atoms with Crippen LogP contribution in [-0.2, 0) is 10.2 Å². The van der Waals surface area contributed by atoms with Gasteiger partial charge in [0.1, 0.15) is 0 Å². The van der Waals surface area contributed by atoms with Gasteiger partial charge < -0.3 is 10.3 Å². The van der Waals surface area contributed by atoms with Crippen LogP contribution in [0.5, 0.6) is 0 Å². The molecule has 3 heteroatoms. The van der Waals surface area contributed by atoms with E-state index in [0.717, 1.165) is 17.8 Å². The second-order valence-electron chi connectivity index (χ2n) is 4.44. The van der Waals surface area contributed by atoms with Gasteiger partial charge in [-0.15, -0.1) is 0 Å². The summed E-state index contributed by atoms with van der Waals surface area (Å²) < 4.78 is 0. The van der Waals surface area contributed by atoms with Crippen molar-refractivity contribution in [1.82, 2.24) is 4.98 Å². The van der Waals surface area contributed by atoms with E-state index in [1.165, 1.54) is 0 Å². The highest BCUT2D eigenvalue weighted by Gasteiger charge is 2.19. The first-order valence-electron chi connectivity index (χ1n) is 5.48. The molecule has 1 aromatic rings. The van der Waals surface area contributed by atoms with E-state index in [2.05, 4.69) is 31.1 Å². The van der Waals surface area contributed by atoms with Crippen LogP contribution < -0.4 is 5.32 Å². The molecule has 0 saturated heterocycles. The highest BCUT2D eigenvalue weighted by atomic mass is 16.1. The van der Waals surface area contributed by atoms with E-state index in [-0.39, 0.29) is 11.3 Å². The van der Waals surface area contributed by atoms with E-state index < -0.39 is 0 Å². The minimum atomic E-state index is 0.0508. The van der Waals surface area contributed by atoms with Gasteiger partial charge in [0.2, 0.25) is 5.91 Å². The van der Waals surface area contributed by atoms with Crippen LogP contribution in [0.2, 0.25) is 0 Å². The number of hydrogen-bond donors (Lipinski definition) is 2. The van der Waals surface area contributed by atoms with Crippen molar-refractivity contribution >= 4 is 11.6 Å². The number of aromatic amines is 1. The first-order chi connectivity index (χ1) is 6.99. The van der Waals surface area contributed by atoms with Crippen molar-refractivity contribution in [1.29, 1.82) is 0 Å². The molecule has 0 atom stereocenters. The predicted molar refractivity (Wildman–Crippen MR) is 63.0 cm³/mol.